The van der Waals surface area contributed by atoms with Crippen LogP contribution in [0.4, 0.5) is 0 Å². The molecular weight excluding hydrogens is 280 g/mol. The molecule has 0 unspecified atom stereocenters. The molecule has 20 heavy (non-hydrogen) atoms. The smallest absolute Gasteiger partial charge is 0.338 e. The number of unbranched alkanes of at least 4 members (excludes halogenated alkanes) is 3. The Morgan fingerprint density at radius 2 is 1.95 bits per heavy atom. The molecule has 5 nitrogen and oxygen atoms in total. The van der Waals surface area contributed by atoms with E-state index in [4.69, 9.17) is 27.3 Å². The Morgan fingerprint density at radius 1 is 1.25 bits per heavy atom. The quantitative estimate of drug-likeness (QED) is 0.147. The van der Waals surface area contributed by atoms with Gasteiger partial charge in [-0.05, 0) is 25.0 Å². The van der Waals surface area contributed by atoms with Gasteiger partial charge in [0, 0.05) is 11.4 Å². The van der Waals surface area contributed by atoms with Crippen molar-refractivity contribution in [2.45, 2.75) is 25.7 Å². The molecule has 0 saturated carbocycles. The molecule has 0 aliphatic rings. The Kier molecular flexibility index (Phi) is 7.50. The minimum atomic E-state index is -0.407. The second kappa shape index (κ2) is 9.20. The van der Waals surface area contributed by atoms with Crippen LogP contribution >= 0.6 is 11.6 Å². The number of carbonyl (C=O) groups is 1. The number of nitrogens with zero attached hydrogens (tertiary/aromatic N) is 1. The third-order valence-corrected chi connectivity index (χ3v) is 3.03. The number of halogens is 1. The highest BCUT2D eigenvalue weighted by molar-refractivity contribution is 6.17. The van der Waals surface area contributed by atoms with Gasteiger partial charge in [-0.3, -0.25) is 0 Å². The van der Waals surface area contributed by atoms with Gasteiger partial charge in [0.05, 0.1) is 12.2 Å². The fourth-order valence-corrected chi connectivity index (χ4v) is 1.85. The molecule has 0 spiro atoms. The van der Waals surface area contributed by atoms with E-state index >= 15 is 0 Å². The summed E-state index contributed by atoms with van der Waals surface area (Å²) in [6.07, 6.45) is 3.84. The van der Waals surface area contributed by atoms with E-state index in [0.29, 0.717) is 23.6 Å². The second-order valence-electron chi connectivity index (χ2n) is 4.31. The summed E-state index contributed by atoms with van der Waals surface area (Å²) in [6, 6.07) is 6.47. The predicted octanol–water partition coefficient (Wildman–Crippen LogP) is 2.74. The van der Waals surface area contributed by atoms with Crippen molar-refractivity contribution >= 4 is 23.4 Å². The molecule has 0 radical (unpaired) electrons. The summed E-state index contributed by atoms with van der Waals surface area (Å²) in [5, 5.41) is 11.5. The van der Waals surface area contributed by atoms with Crippen molar-refractivity contribution in [3.05, 3.63) is 35.4 Å². The van der Waals surface area contributed by atoms with E-state index in [2.05, 4.69) is 5.16 Å². The molecule has 1 aromatic rings. The number of oxime groups is 1. The molecular formula is C14H19ClN2O3. The first-order valence-electron chi connectivity index (χ1n) is 6.50. The molecule has 3 N–H and O–H groups in total. The molecule has 0 aromatic heterocycles. The zero-order chi connectivity index (χ0) is 14.8. The van der Waals surface area contributed by atoms with Crippen molar-refractivity contribution in [2.75, 3.05) is 12.5 Å². The summed E-state index contributed by atoms with van der Waals surface area (Å²) in [6.45, 7) is 0.384. The third-order valence-electron chi connectivity index (χ3n) is 2.76. The number of hydrogen-bond donors (Lipinski definition) is 2. The molecule has 0 aliphatic heterocycles. The maximum absolute atomic E-state index is 11.8. The van der Waals surface area contributed by atoms with Crippen molar-refractivity contribution in [3.63, 3.8) is 0 Å². The van der Waals surface area contributed by atoms with Gasteiger partial charge in [0.1, 0.15) is 0 Å². The van der Waals surface area contributed by atoms with E-state index in [9.17, 15) is 4.79 Å². The molecule has 0 heterocycles. The van der Waals surface area contributed by atoms with Crippen molar-refractivity contribution < 1.29 is 14.7 Å². The van der Waals surface area contributed by atoms with Gasteiger partial charge < -0.3 is 15.7 Å². The molecule has 0 saturated heterocycles. The number of hydrogen-bond acceptors (Lipinski definition) is 4. The van der Waals surface area contributed by atoms with Gasteiger partial charge in [-0.25, -0.2) is 4.79 Å². The van der Waals surface area contributed by atoms with Gasteiger partial charge >= 0.3 is 5.97 Å². The van der Waals surface area contributed by atoms with Crippen LogP contribution < -0.4 is 5.73 Å². The molecule has 1 aromatic carbocycles. The van der Waals surface area contributed by atoms with E-state index in [1.807, 2.05) is 0 Å². The zero-order valence-electron chi connectivity index (χ0n) is 11.2. The minimum absolute atomic E-state index is 0.0410. The van der Waals surface area contributed by atoms with Crippen LogP contribution in [-0.2, 0) is 4.74 Å². The fraction of sp³-hybridized carbons (Fsp3) is 0.429. The molecule has 1 rings (SSSR count). The number of alkyl halides is 1. The number of benzene rings is 1. The second-order valence-corrected chi connectivity index (χ2v) is 4.68. The number of ether oxygens (including phenoxy) is 1. The summed E-state index contributed by atoms with van der Waals surface area (Å²) in [5.41, 5.74) is 6.33. The molecule has 0 fully saturated rings. The number of amidine groups is 1. The summed E-state index contributed by atoms with van der Waals surface area (Å²) in [5.74, 6) is 0.219. The van der Waals surface area contributed by atoms with Crippen LogP contribution in [0.2, 0.25) is 0 Å². The highest BCUT2D eigenvalue weighted by atomic mass is 35.5. The fourth-order valence-electron chi connectivity index (χ4n) is 1.66. The number of nitrogens with two attached hydrogens (primary N) is 1. The summed E-state index contributed by atoms with van der Waals surface area (Å²) in [4.78, 5) is 11.8. The Labute approximate surface area is 123 Å². The SMILES string of the molecule is N/C(=N/O)c1cccc(C(=O)OCCCCCCCl)c1. The van der Waals surface area contributed by atoms with Crippen LogP contribution in [-0.4, -0.2) is 29.5 Å². The Bertz CT molecular complexity index is 463. The van der Waals surface area contributed by atoms with Gasteiger partial charge in [-0.1, -0.05) is 30.1 Å². The van der Waals surface area contributed by atoms with Crippen LogP contribution in [0.25, 0.3) is 0 Å². The van der Waals surface area contributed by atoms with Crippen molar-refractivity contribution in [1.82, 2.24) is 0 Å². The molecule has 0 atom stereocenters. The van der Waals surface area contributed by atoms with Crippen LogP contribution in [0.1, 0.15) is 41.6 Å². The summed E-state index contributed by atoms with van der Waals surface area (Å²) in [7, 11) is 0. The van der Waals surface area contributed by atoms with Gasteiger partial charge in [-0.2, -0.15) is 0 Å². The lowest BCUT2D eigenvalue weighted by Crippen LogP contribution is -2.14. The summed E-state index contributed by atoms with van der Waals surface area (Å²) < 4.78 is 5.16. The molecule has 0 amide bonds. The molecule has 0 aliphatic carbocycles. The standard InChI is InChI=1S/C14H19ClN2O3/c15-8-3-1-2-4-9-20-14(18)12-7-5-6-11(10-12)13(16)17-19/h5-7,10,19H,1-4,8-9H2,(H2,16,17). The third kappa shape index (κ3) is 5.48. The lowest BCUT2D eigenvalue weighted by molar-refractivity contribution is 0.0498. The molecule has 6 heteroatoms. The van der Waals surface area contributed by atoms with Crippen LogP contribution in [0.3, 0.4) is 0 Å². The first-order valence-corrected chi connectivity index (χ1v) is 7.03. The van der Waals surface area contributed by atoms with E-state index < -0.39 is 5.97 Å². The first-order chi connectivity index (χ1) is 9.69. The number of rotatable bonds is 8. The number of esters is 1. The van der Waals surface area contributed by atoms with Gasteiger partial charge in [0.15, 0.2) is 5.84 Å². The zero-order valence-corrected chi connectivity index (χ0v) is 12.0. The monoisotopic (exact) mass is 298 g/mol. The maximum Gasteiger partial charge on any atom is 0.338 e. The Hall–Kier alpha value is -1.75. The first kappa shape index (κ1) is 16.3. The van der Waals surface area contributed by atoms with Crippen molar-refractivity contribution in [3.8, 4) is 0 Å². The average Bonchev–Trinajstić information content (AvgIpc) is 2.49. The maximum atomic E-state index is 11.8. The van der Waals surface area contributed by atoms with E-state index in [-0.39, 0.29) is 5.84 Å². The van der Waals surface area contributed by atoms with Gasteiger partial charge in [0.25, 0.3) is 0 Å². The lowest BCUT2D eigenvalue weighted by atomic mass is 10.1. The van der Waals surface area contributed by atoms with Gasteiger partial charge in [-0.15, -0.1) is 11.6 Å². The van der Waals surface area contributed by atoms with E-state index in [1.165, 1.54) is 6.07 Å². The topological polar surface area (TPSA) is 84.9 Å². The van der Waals surface area contributed by atoms with Crippen LogP contribution in [0.5, 0.6) is 0 Å². The normalized spacial score (nSPS) is 11.3. The largest absolute Gasteiger partial charge is 0.462 e. The minimum Gasteiger partial charge on any atom is -0.462 e. The number of carbonyl (C=O) groups excluding carboxylic acids is 1. The van der Waals surface area contributed by atoms with Crippen LogP contribution in [0, 0.1) is 0 Å². The highest BCUT2D eigenvalue weighted by Crippen LogP contribution is 2.08. The Morgan fingerprint density at radius 3 is 2.65 bits per heavy atom. The summed E-state index contributed by atoms with van der Waals surface area (Å²) >= 11 is 5.57. The molecule has 110 valence electrons. The van der Waals surface area contributed by atoms with Gasteiger partial charge in [0.2, 0.25) is 0 Å². The van der Waals surface area contributed by atoms with Crippen molar-refractivity contribution in [2.24, 2.45) is 10.9 Å². The van der Waals surface area contributed by atoms with E-state index in [0.717, 1.165) is 25.7 Å². The predicted molar refractivity (Wildman–Crippen MR) is 78.4 cm³/mol. The lowest BCUT2D eigenvalue weighted by Gasteiger charge is -2.06. The van der Waals surface area contributed by atoms with Crippen molar-refractivity contribution in [1.29, 1.82) is 0 Å². The Balaban J connectivity index is 2.43. The highest BCUT2D eigenvalue weighted by Gasteiger charge is 2.09. The van der Waals surface area contributed by atoms with Crippen LogP contribution in [0.15, 0.2) is 29.4 Å². The van der Waals surface area contributed by atoms with E-state index in [1.54, 1.807) is 18.2 Å². The average molecular weight is 299 g/mol. The molecule has 0 bridgehead atoms.